The quantitative estimate of drug-likeness (QED) is 0.381. The Balaban J connectivity index is 1.55. The first kappa shape index (κ1) is 17.0. The highest BCUT2D eigenvalue weighted by Crippen LogP contribution is 2.41. The van der Waals surface area contributed by atoms with Crippen molar-refractivity contribution in [2.24, 2.45) is 0 Å². The molecule has 120 valence electrons. The maximum absolute atomic E-state index is 5.71. The van der Waals surface area contributed by atoms with Crippen LogP contribution in [0, 0.1) is 0 Å². The van der Waals surface area contributed by atoms with Crippen LogP contribution in [0.5, 0.6) is 5.75 Å². The van der Waals surface area contributed by atoms with E-state index in [1.807, 2.05) is 34.9 Å². The molecule has 1 nitrogen and oxygen atoms in total. The van der Waals surface area contributed by atoms with E-state index in [4.69, 9.17) is 4.74 Å². The monoisotopic (exact) mass is 378 g/mol. The van der Waals surface area contributed by atoms with E-state index in [2.05, 4.69) is 60.8 Å². The summed E-state index contributed by atoms with van der Waals surface area (Å²) in [5, 5.41) is 2.12. The summed E-state index contributed by atoms with van der Waals surface area (Å²) < 4.78 is 9.72. The molecule has 0 amide bonds. The summed E-state index contributed by atoms with van der Waals surface area (Å²) in [5.41, 5.74) is 0. The van der Waals surface area contributed by atoms with Crippen LogP contribution in [0.1, 0.15) is 19.8 Å². The summed E-state index contributed by atoms with van der Waals surface area (Å²) >= 11 is 7.29. The van der Waals surface area contributed by atoms with Gasteiger partial charge in [0, 0.05) is 4.90 Å². The summed E-state index contributed by atoms with van der Waals surface area (Å²) in [7, 11) is 0. The minimum absolute atomic E-state index is 0.803. The molecule has 0 unspecified atom stereocenters. The third-order valence-electron chi connectivity index (χ3n) is 3.06. The third kappa shape index (κ3) is 5.31. The highest BCUT2D eigenvalue weighted by Gasteiger charge is 2.05. The van der Waals surface area contributed by atoms with E-state index in [1.54, 1.807) is 11.3 Å². The molecule has 0 aliphatic rings. The van der Waals surface area contributed by atoms with Crippen molar-refractivity contribution < 1.29 is 4.74 Å². The van der Waals surface area contributed by atoms with E-state index in [0.29, 0.717) is 0 Å². The zero-order valence-corrected chi connectivity index (χ0v) is 16.1. The topological polar surface area (TPSA) is 9.23 Å². The zero-order valence-electron chi connectivity index (χ0n) is 12.9. The Labute approximate surface area is 154 Å². The average Bonchev–Trinajstić information content (AvgIpc) is 3.22. The Kier molecular flexibility index (Phi) is 6.51. The van der Waals surface area contributed by atoms with Gasteiger partial charge in [-0.2, -0.15) is 0 Å². The lowest BCUT2D eigenvalue weighted by Gasteiger charge is -2.05. The molecule has 0 bridgehead atoms. The predicted octanol–water partition coefficient (Wildman–Crippen LogP) is 7.29. The lowest BCUT2D eigenvalue weighted by molar-refractivity contribution is 0.309. The summed E-state index contributed by atoms with van der Waals surface area (Å²) in [5.74, 6) is 0.961. The number of unbranched alkanes of at least 4 members (excludes halogenated alkanes) is 1. The first-order chi connectivity index (χ1) is 11.3. The van der Waals surface area contributed by atoms with Crippen LogP contribution in [-0.2, 0) is 0 Å². The fourth-order valence-corrected chi connectivity index (χ4v) is 6.30. The van der Waals surface area contributed by atoms with Gasteiger partial charge >= 0.3 is 0 Å². The minimum Gasteiger partial charge on any atom is -0.494 e. The van der Waals surface area contributed by atoms with Crippen LogP contribution in [0.15, 0.2) is 71.4 Å². The lowest BCUT2D eigenvalue weighted by atomic mass is 10.3. The third-order valence-corrected chi connectivity index (χ3v) is 7.46. The molecule has 2 aromatic heterocycles. The van der Waals surface area contributed by atoms with Gasteiger partial charge in [0.1, 0.15) is 5.75 Å². The molecule has 0 radical (unpaired) electrons. The summed E-state index contributed by atoms with van der Waals surface area (Å²) in [6.45, 7) is 2.98. The molecule has 0 fully saturated rings. The molecule has 0 saturated heterocycles. The number of ether oxygens (including phenoxy) is 1. The van der Waals surface area contributed by atoms with Crippen molar-refractivity contribution in [1.29, 1.82) is 0 Å². The second kappa shape index (κ2) is 8.83. The van der Waals surface area contributed by atoms with Crippen LogP contribution in [0.4, 0.5) is 0 Å². The van der Waals surface area contributed by atoms with Gasteiger partial charge in [-0.25, -0.2) is 0 Å². The standard InChI is InChI=1S/C18H18OS4/c1-2-3-12-19-14-6-8-15(9-7-14)21-17-10-11-18(23-17)22-16-5-4-13-20-16/h4-11,13H,2-3,12H2,1H3. The first-order valence-corrected chi connectivity index (χ1v) is 10.9. The van der Waals surface area contributed by atoms with Crippen molar-refractivity contribution in [1.82, 2.24) is 0 Å². The van der Waals surface area contributed by atoms with Gasteiger partial charge < -0.3 is 4.74 Å². The van der Waals surface area contributed by atoms with Crippen molar-refractivity contribution >= 4 is 46.2 Å². The van der Waals surface area contributed by atoms with Crippen molar-refractivity contribution in [3.8, 4) is 5.75 Å². The van der Waals surface area contributed by atoms with Gasteiger partial charge in [-0.3, -0.25) is 0 Å². The molecular weight excluding hydrogens is 360 g/mol. The Morgan fingerprint density at radius 2 is 1.70 bits per heavy atom. The predicted molar refractivity (Wildman–Crippen MR) is 104 cm³/mol. The van der Waals surface area contributed by atoms with Gasteiger partial charge in [0.05, 0.1) is 19.2 Å². The van der Waals surface area contributed by atoms with Gasteiger partial charge in [0.2, 0.25) is 0 Å². The largest absolute Gasteiger partial charge is 0.494 e. The van der Waals surface area contributed by atoms with E-state index < -0.39 is 0 Å². The molecule has 1 aromatic carbocycles. The van der Waals surface area contributed by atoms with E-state index in [1.165, 1.54) is 17.5 Å². The van der Waals surface area contributed by atoms with E-state index >= 15 is 0 Å². The van der Waals surface area contributed by atoms with Gasteiger partial charge in [-0.1, -0.05) is 42.9 Å². The zero-order chi connectivity index (χ0) is 15.9. The second-order valence-corrected chi connectivity index (χ2v) is 9.89. The molecule has 0 aliphatic heterocycles. The van der Waals surface area contributed by atoms with Crippen LogP contribution >= 0.6 is 46.2 Å². The van der Waals surface area contributed by atoms with Gasteiger partial charge in [0.25, 0.3) is 0 Å². The summed E-state index contributed by atoms with van der Waals surface area (Å²) in [6, 6.07) is 17.1. The molecule has 23 heavy (non-hydrogen) atoms. The number of thiophene rings is 2. The van der Waals surface area contributed by atoms with Crippen LogP contribution in [0.2, 0.25) is 0 Å². The number of hydrogen-bond donors (Lipinski definition) is 0. The average molecular weight is 379 g/mol. The smallest absolute Gasteiger partial charge is 0.119 e. The Morgan fingerprint density at radius 3 is 2.39 bits per heavy atom. The van der Waals surface area contributed by atoms with Crippen LogP contribution in [-0.4, -0.2) is 6.61 Å². The van der Waals surface area contributed by atoms with E-state index in [0.717, 1.165) is 25.2 Å². The maximum atomic E-state index is 5.71. The maximum Gasteiger partial charge on any atom is 0.119 e. The minimum atomic E-state index is 0.803. The Morgan fingerprint density at radius 1 is 0.913 bits per heavy atom. The fraction of sp³-hybridized carbons (Fsp3) is 0.222. The highest BCUT2D eigenvalue weighted by atomic mass is 32.2. The van der Waals surface area contributed by atoms with E-state index in [-0.39, 0.29) is 0 Å². The summed E-state index contributed by atoms with van der Waals surface area (Å²) in [6.07, 6.45) is 2.27. The van der Waals surface area contributed by atoms with Gasteiger partial charge in [-0.05, 0) is 54.3 Å². The van der Waals surface area contributed by atoms with Crippen molar-refractivity contribution in [3.63, 3.8) is 0 Å². The SMILES string of the molecule is CCCCOc1ccc(Sc2ccc(Sc3cccs3)s2)cc1. The fourth-order valence-electron chi connectivity index (χ4n) is 1.89. The van der Waals surface area contributed by atoms with Crippen LogP contribution < -0.4 is 4.74 Å². The second-order valence-electron chi connectivity index (χ2n) is 4.88. The molecule has 0 aliphatic carbocycles. The Hall–Kier alpha value is -0.880. The first-order valence-electron chi connectivity index (χ1n) is 7.55. The molecule has 0 N–H and O–H groups in total. The molecular formula is C18H18OS4. The number of rotatable bonds is 8. The highest BCUT2D eigenvalue weighted by molar-refractivity contribution is 8.04. The molecule has 0 spiro atoms. The van der Waals surface area contributed by atoms with Crippen LogP contribution in [0.3, 0.4) is 0 Å². The van der Waals surface area contributed by atoms with Gasteiger partial charge in [-0.15, -0.1) is 22.7 Å². The number of hydrogen-bond acceptors (Lipinski definition) is 5. The van der Waals surface area contributed by atoms with Crippen molar-refractivity contribution in [2.75, 3.05) is 6.61 Å². The van der Waals surface area contributed by atoms with Crippen LogP contribution in [0.25, 0.3) is 0 Å². The number of benzene rings is 1. The molecule has 3 aromatic rings. The van der Waals surface area contributed by atoms with Gasteiger partial charge in [0.15, 0.2) is 0 Å². The lowest BCUT2D eigenvalue weighted by Crippen LogP contribution is -1.95. The Bertz CT molecular complexity index is 701. The summed E-state index contributed by atoms with van der Waals surface area (Å²) in [4.78, 5) is 1.25. The molecule has 5 heteroatoms. The molecule has 3 rings (SSSR count). The molecule has 0 atom stereocenters. The molecule has 2 heterocycles. The van der Waals surface area contributed by atoms with E-state index in [9.17, 15) is 0 Å². The van der Waals surface area contributed by atoms with Crippen molar-refractivity contribution in [3.05, 3.63) is 53.9 Å². The molecule has 0 saturated carbocycles. The van der Waals surface area contributed by atoms with Crippen molar-refractivity contribution in [2.45, 2.75) is 37.3 Å². The normalized spacial score (nSPS) is 10.8.